The van der Waals surface area contributed by atoms with E-state index in [1.54, 1.807) is 24.3 Å². The molecule has 1 amide bonds. The van der Waals surface area contributed by atoms with E-state index in [9.17, 15) is 10.1 Å². The highest BCUT2D eigenvalue weighted by molar-refractivity contribution is 14.1. The number of rotatable bonds is 3. The quantitative estimate of drug-likeness (QED) is 0.439. The van der Waals surface area contributed by atoms with Crippen LogP contribution in [0.25, 0.3) is 6.08 Å². The maximum Gasteiger partial charge on any atom is 0.266 e. The Morgan fingerprint density at radius 1 is 1.27 bits per heavy atom. The molecule has 2 rings (SSSR count). The van der Waals surface area contributed by atoms with Crippen LogP contribution in [0, 0.1) is 21.8 Å². The van der Waals surface area contributed by atoms with Gasteiger partial charge >= 0.3 is 0 Å². The maximum absolute atomic E-state index is 12.2. The van der Waals surface area contributed by atoms with Crippen molar-refractivity contribution < 1.29 is 4.79 Å². The molecule has 0 spiro atoms. The molecule has 0 aliphatic heterocycles. The van der Waals surface area contributed by atoms with Crippen molar-refractivity contribution in [2.24, 2.45) is 0 Å². The molecule has 0 aliphatic carbocycles. The summed E-state index contributed by atoms with van der Waals surface area (Å²) in [5, 5.41) is 12.6. The van der Waals surface area contributed by atoms with Crippen molar-refractivity contribution in [1.82, 2.24) is 0 Å². The van der Waals surface area contributed by atoms with Gasteiger partial charge in [0.1, 0.15) is 11.6 Å². The Balaban J connectivity index is 2.22. The lowest BCUT2D eigenvalue weighted by atomic mass is 10.1. The van der Waals surface area contributed by atoms with Gasteiger partial charge in [0.25, 0.3) is 5.91 Å². The molecule has 3 nitrogen and oxygen atoms in total. The van der Waals surface area contributed by atoms with Crippen molar-refractivity contribution >= 4 is 51.9 Å². The van der Waals surface area contributed by atoms with Crippen LogP contribution in [-0.2, 0) is 4.79 Å². The van der Waals surface area contributed by atoms with Crippen molar-refractivity contribution in [3.05, 3.63) is 67.8 Å². The van der Waals surface area contributed by atoms with E-state index in [0.29, 0.717) is 10.7 Å². The van der Waals surface area contributed by atoms with Gasteiger partial charge in [-0.25, -0.2) is 0 Å². The van der Waals surface area contributed by atoms with Gasteiger partial charge in [-0.05, 0) is 77.0 Å². The number of hydrogen-bond acceptors (Lipinski definition) is 2. The average molecular weight is 423 g/mol. The second-order valence-corrected chi connectivity index (χ2v) is 6.32. The molecule has 2 aromatic rings. The van der Waals surface area contributed by atoms with Crippen LogP contribution in [-0.4, -0.2) is 5.91 Å². The van der Waals surface area contributed by atoms with E-state index in [2.05, 4.69) is 27.9 Å². The summed E-state index contributed by atoms with van der Waals surface area (Å²) in [5.41, 5.74) is 2.43. The number of carbonyl (C=O) groups is 1. The fraction of sp³-hybridized carbons (Fsp3) is 0.0588. The van der Waals surface area contributed by atoms with Gasteiger partial charge < -0.3 is 5.32 Å². The first kappa shape index (κ1) is 16.5. The van der Waals surface area contributed by atoms with Crippen molar-refractivity contribution in [2.45, 2.75) is 6.92 Å². The Kier molecular flexibility index (Phi) is 5.58. The van der Waals surface area contributed by atoms with Gasteiger partial charge in [0.05, 0.1) is 0 Å². The maximum atomic E-state index is 12.2. The Labute approximate surface area is 147 Å². The van der Waals surface area contributed by atoms with E-state index in [1.807, 2.05) is 31.2 Å². The molecular weight excluding hydrogens is 411 g/mol. The molecule has 2 aromatic carbocycles. The lowest BCUT2D eigenvalue weighted by Crippen LogP contribution is -2.14. The van der Waals surface area contributed by atoms with Crippen molar-refractivity contribution in [3.8, 4) is 6.07 Å². The van der Waals surface area contributed by atoms with E-state index in [4.69, 9.17) is 11.6 Å². The predicted octanol–water partition coefficient (Wildman–Crippen LogP) is 4.80. The molecule has 110 valence electrons. The number of nitriles is 1. The Morgan fingerprint density at radius 2 is 1.95 bits per heavy atom. The van der Waals surface area contributed by atoms with Crippen molar-refractivity contribution in [3.63, 3.8) is 0 Å². The number of aryl methyl sites for hydroxylation is 1. The zero-order valence-corrected chi connectivity index (χ0v) is 14.6. The lowest BCUT2D eigenvalue weighted by molar-refractivity contribution is -0.112. The van der Waals surface area contributed by atoms with Gasteiger partial charge in [0.2, 0.25) is 0 Å². The van der Waals surface area contributed by atoms with E-state index in [-0.39, 0.29) is 5.57 Å². The number of amides is 1. The molecule has 0 heterocycles. The average Bonchev–Trinajstić information content (AvgIpc) is 2.49. The number of hydrogen-bond donors (Lipinski definition) is 1. The molecule has 0 atom stereocenters. The standard InChI is InChI=1S/C17H12ClIN2O/c1-11-8-15(19)6-7-16(11)21-17(22)13(10-20)9-12-2-4-14(18)5-3-12/h2-9H,1H3,(H,21,22)/b13-9+. The minimum absolute atomic E-state index is 0.0419. The monoisotopic (exact) mass is 422 g/mol. The van der Waals surface area contributed by atoms with Crippen molar-refractivity contribution in [2.75, 3.05) is 5.32 Å². The Bertz CT molecular complexity index is 776. The van der Waals surface area contributed by atoms with Gasteiger partial charge in [0.15, 0.2) is 0 Å². The molecule has 0 radical (unpaired) electrons. The highest BCUT2D eigenvalue weighted by Gasteiger charge is 2.11. The molecular formula is C17H12ClIN2O. The molecule has 0 fully saturated rings. The third kappa shape index (κ3) is 4.33. The normalized spacial score (nSPS) is 10.9. The SMILES string of the molecule is Cc1cc(I)ccc1NC(=O)/C(C#N)=C/c1ccc(Cl)cc1. The number of carbonyl (C=O) groups excluding carboxylic acids is 1. The van der Waals surface area contributed by atoms with Crippen LogP contribution in [0.5, 0.6) is 0 Å². The highest BCUT2D eigenvalue weighted by Crippen LogP contribution is 2.19. The van der Waals surface area contributed by atoms with E-state index < -0.39 is 5.91 Å². The van der Waals surface area contributed by atoms with Crippen LogP contribution in [0.2, 0.25) is 5.02 Å². The number of nitrogens with one attached hydrogen (secondary N) is 1. The topological polar surface area (TPSA) is 52.9 Å². The zero-order valence-electron chi connectivity index (χ0n) is 11.7. The molecule has 0 unspecified atom stereocenters. The second kappa shape index (κ2) is 7.43. The largest absolute Gasteiger partial charge is 0.321 e. The molecule has 0 saturated carbocycles. The number of benzene rings is 2. The zero-order chi connectivity index (χ0) is 16.1. The smallest absolute Gasteiger partial charge is 0.266 e. The van der Waals surface area contributed by atoms with Gasteiger partial charge in [-0.1, -0.05) is 23.7 Å². The first-order valence-corrected chi connectivity index (χ1v) is 7.90. The number of nitrogens with zero attached hydrogens (tertiary/aromatic N) is 1. The van der Waals surface area contributed by atoms with Crippen LogP contribution in [0.4, 0.5) is 5.69 Å². The summed E-state index contributed by atoms with van der Waals surface area (Å²) >= 11 is 8.02. The molecule has 1 N–H and O–H groups in total. The van der Waals surface area contributed by atoms with E-state index in [1.165, 1.54) is 6.08 Å². The summed E-state index contributed by atoms with van der Waals surface area (Å²) in [6, 6.07) is 14.6. The number of halogens is 2. The molecule has 22 heavy (non-hydrogen) atoms. The number of anilines is 1. The molecule has 0 bridgehead atoms. The van der Waals surface area contributed by atoms with E-state index in [0.717, 1.165) is 14.7 Å². The summed E-state index contributed by atoms with van der Waals surface area (Å²) in [7, 11) is 0. The molecule has 0 aromatic heterocycles. The summed E-state index contributed by atoms with van der Waals surface area (Å²) in [6.07, 6.45) is 1.54. The Morgan fingerprint density at radius 3 is 2.55 bits per heavy atom. The molecule has 0 saturated heterocycles. The Hall–Kier alpha value is -1.84. The van der Waals surface area contributed by atoms with Crippen LogP contribution in [0.3, 0.4) is 0 Å². The predicted molar refractivity (Wildman–Crippen MR) is 97.6 cm³/mol. The van der Waals surface area contributed by atoms with Gasteiger partial charge in [-0.15, -0.1) is 0 Å². The summed E-state index contributed by atoms with van der Waals surface area (Å²) < 4.78 is 1.09. The summed E-state index contributed by atoms with van der Waals surface area (Å²) in [5.74, 6) is -0.429. The van der Waals surface area contributed by atoms with Crippen LogP contribution < -0.4 is 5.32 Å². The minimum Gasteiger partial charge on any atom is -0.321 e. The third-order valence-corrected chi connectivity index (χ3v) is 3.91. The summed E-state index contributed by atoms with van der Waals surface area (Å²) in [4.78, 5) is 12.2. The van der Waals surface area contributed by atoms with Gasteiger partial charge in [-0.2, -0.15) is 5.26 Å². The highest BCUT2D eigenvalue weighted by atomic mass is 127. The van der Waals surface area contributed by atoms with Gasteiger partial charge in [0, 0.05) is 14.3 Å². The first-order chi connectivity index (χ1) is 10.5. The van der Waals surface area contributed by atoms with Crippen LogP contribution >= 0.6 is 34.2 Å². The molecule has 5 heteroatoms. The van der Waals surface area contributed by atoms with Gasteiger partial charge in [-0.3, -0.25) is 4.79 Å². The fourth-order valence-corrected chi connectivity index (χ4v) is 2.60. The third-order valence-electron chi connectivity index (χ3n) is 2.98. The van der Waals surface area contributed by atoms with Crippen LogP contribution in [0.1, 0.15) is 11.1 Å². The minimum atomic E-state index is -0.429. The fourth-order valence-electron chi connectivity index (χ4n) is 1.83. The first-order valence-electron chi connectivity index (χ1n) is 6.44. The van der Waals surface area contributed by atoms with Crippen molar-refractivity contribution in [1.29, 1.82) is 5.26 Å². The van der Waals surface area contributed by atoms with E-state index >= 15 is 0 Å². The van der Waals surface area contributed by atoms with Crippen LogP contribution in [0.15, 0.2) is 48.0 Å². The second-order valence-electron chi connectivity index (χ2n) is 4.63. The summed E-state index contributed by atoms with van der Waals surface area (Å²) in [6.45, 7) is 1.91. The lowest BCUT2D eigenvalue weighted by Gasteiger charge is -2.08. The molecule has 0 aliphatic rings.